The van der Waals surface area contributed by atoms with Gasteiger partial charge in [0.05, 0.1) is 0 Å². The van der Waals surface area contributed by atoms with E-state index in [2.05, 4.69) is 12.1 Å². The van der Waals surface area contributed by atoms with E-state index >= 15 is 0 Å². The summed E-state index contributed by atoms with van der Waals surface area (Å²) >= 11 is 1.55. The second-order valence-corrected chi connectivity index (χ2v) is 5.48. The minimum absolute atomic E-state index is 0.0949. The van der Waals surface area contributed by atoms with Crippen molar-refractivity contribution in [1.29, 1.82) is 0 Å². The molecular weight excluding hydrogens is 264 g/mol. The van der Waals surface area contributed by atoms with Crippen LogP contribution in [0.1, 0.15) is 27.0 Å². The van der Waals surface area contributed by atoms with Gasteiger partial charge < -0.3 is 0 Å². The van der Waals surface area contributed by atoms with E-state index in [1.54, 1.807) is 11.3 Å². The van der Waals surface area contributed by atoms with E-state index in [9.17, 15) is 4.79 Å². The van der Waals surface area contributed by atoms with Crippen LogP contribution in [0, 0.1) is 0 Å². The highest BCUT2D eigenvalue weighted by Crippen LogP contribution is 2.15. The van der Waals surface area contributed by atoms with Crippen LogP contribution in [0.5, 0.6) is 0 Å². The van der Waals surface area contributed by atoms with Gasteiger partial charge in [-0.3, -0.25) is 4.79 Å². The van der Waals surface area contributed by atoms with Crippen molar-refractivity contribution >= 4 is 17.1 Å². The van der Waals surface area contributed by atoms with Gasteiger partial charge in [-0.15, -0.1) is 0 Å². The molecule has 0 saturated carbocycles. The monoisotopic (exact) mass is 278 g/mol. The average Bonchev–Trinajstić information content (AvgIpc) is 3.03. The molecule has 0 fully saturated rings. The smallest absolute Gasteiger partial charge is 0.193 e. The molecule has 0 aliphatic carbocycles. The Balaban J connectivity index is 1.76. The number of carbonyl (C=O) groups is 1. The summed E-state index contributed by atoms with van der Waals surface area (Å²) in [7, 11) is 0. The summed E-state index contributed by atoms with van der Waals surface area (Å²) in [5.74, 6) is 0.0949. The lowest BCUT2D eigenvalue weighted by Crippen LogP contribution is -1.99. The Hall–Kier alpha value is -2.19. The van der Waals surface area contributed by atoms with Crippen LogP contribution in [-0.2, 0) is 6.42 Å². The zero-order valence-electron chi connectivity index (χ0n) is 11.0. The summed E-state index contributed by atoms with van der Waals surface area (Å²) in [4.78, 5) is 12.2. The first-order valence-electron chi connectivity index (χ1n) is 6.53. The van der Waals surface area contributed by atoms with Crippen molar-refractivity contribution in [2.45, 2.75) is 6.42 Å². The Bertz CT molecular complexity index is 682. The normalized spacial score (nSPS) is 10.4. The van der Waals surface area contributed by atoms with Crippen molar-refractivity contribution in [2.75, 3.05) is 0 Å². The molecular formula is C18H14OS. The Labute approximate surface area is 122 Å². The van der Waals surface area contributed by atoms with E-state index in [0.29, 0.717) is 0 Å². The van der Waals surface area contributed by atoms with Crippen molar-refractivity contribution in [3.05, 3.63) is 93.7 Å². The zero-order valence-corrected chi connectivity index (χ0v) is 11.8. The maximum atomic E-state index is 12.2. The molecule has 0 amide bonds. The highest BCUT2D eigenvalue weighted by Gasteiger charge is 2.08. The number of benzene rings is 2. The van der Waals surface area contributed by atoms with Crippen molar-refractivity contribution in [3.8, 4) is 0 Å². The molecule has 2 heteroatoms. The number of hydrogen-bond donors (Lipinski definition) is 0. The number of carbonyl (C=O) groups excluding carboxylic acids is 1. The molecule has 1 nitrogen and oxygen atoms in total. The van der Waals surface area contributed by atoms with Gasteiger partial charge in [-0.2, -0.15) is 11.3 Å². The highest BCUT2D eigenvalue weighted by molar-refractivity contribution is 7.08. The topological polar surface area (TPSA) is 17.1 Å². The second-order valence-electron chi connectivity index (χ2n) is 4.70. The number of thiophene rings is 1. The van der Waals surface area contributed by atoms with Crippen LogP contribution >= 0.6 is 11.3 Å². The first-order valence-corrected chi connectivity index (χ1v) is 7.47. The predicted octanol–water partition coefficient (Wildman–Crippen LogP) is 4.57. The van der Waals surface area contributed by atoms with E-state index < -0.39 is 0 Å². The quantitative estimate of drug-likeness (QED) is 0.639. The maximum Gasteiger partial charge on any atom is 0.193 e. The summed E-state index contributed by atoms with van der Waals surface area (Å²) < 4.78 is 0. The third-order valence-electron chi connectivity index (χ3n) is 3.25. The fourth-order valence-electron chi connectivity index (χ4n) is 2.17. The number of ketones is 1. The summed E-state index contributed by atoms with van der Waals surface area (Å²) in [6.07, 6.45) is 0.897. The van der Waals surface area contributed by atoms with Gasteiger partial charge in [0.25, 0.3) is 0 Å². The van der Waals surface area contributed by atoms with Crippen LogP contribution in [0.4, 0.5) is 0 Å². The molecule has 0 N–H and O–H groups in total. The highest BCUT2D eigenvalue weighted by atomic mass is 32.1. The van der Waals surface area contributed by atoms with Gasteiger partial charge in [-0.25, -0.2) is 0 Å². The Morgan fingerprint density at radius 2 is 1.50 bits per heavy atom. The lowest BCUT2D eigenvalue weighted by molar-refractivity contribution is 0.103. The van der Waals surface area contributed by atoms with E-state index in [1.165, 1.54) is 11.1 Å². The van der Waals surface area contributed by atoms with Gasteiger partial charge in [0, 0.05) is 16.5 Å². The molecule has 3 aromatic rings. The van der Waals surface area contributed by atoms with Crippen LogP contribution in [0.25, 0.3) is 0 Å². The molecule has 98 valence electrons. The maximum absolute atomic E-state index is 12.2. The third kappa shape index (κ3) is 2.86. The van der Waals surface area contributed by atoms with Gasteiger partial charge in [-0.1, -0.05) is 54.6 Å². The third-order valence-corrected chi connectivity index (χ3v) is 3.93. The van der Waals surface area contributed by atoms with Crippen LogP contribution in [0.3, 0.4) is 0 Å². The molecule has 0 spiro atoms. The van der Waals surface area contributed by atoms with Crippen LogP contribution in [-0.4, -0.2) is 5.78 Å². The van der Waals surface area contributed by atoms with Gasteiger partial charge in [0.1, 0.15) is 0 Å². The summed E-state index contributed by atoms with van der Waals surface area (Å²) in [6.45, 7) is 0. The Kier molecular flexibility index (Phi) is 3.75. The van der Waals surface area contributed by atoms with Crippen molar-refractivity contribution in [1.82, 2.24) is 0 Å². The summed E-state index contributed by atoms with van der Waals surface area (Å²) in [5, 5.41) is 3.82. The number of hydrogen-bond acceptors (Lipinski definition) is 2. The molecule has 3 rings (SSSR count). The molecule has 0 radical (unpaired) electrons. The summed E-state index contributed by atoms with van der Waals surface area (Å²) in [6, 6.07) is 20.1. The molecule has 0 atom stereocenters. The molecule has 20 heavy (non-hydrogen) atoms. The standard InChI is InChI=1S/C18H14OS/c19-18(17-10-11-20-13-17)16-8-6-15(7-9-16)12-14-4-2-1-3-5-14/h1-11,13H,12H2. The fraction of sp³-hybridized carbons (Fsp3) is 0.0556. The van der Waals surface area contributed by atoms with Gasteiger partial charge in [0.2, 0.25) is 0 Å². The van der Waals surface area contributed by atoms with E-state index in [4.69, 9.17) is 0 Å². The first-order chi connectivity index (χ1) is 9.83. The molecule has 1 aromatic heterocycles. The second kappa shape index (κ2) is 5.85. The zero-order chi connectivity index (χ0) is 13.8. The molecule has 2 aromatic carbocycles. The predicted molar refractivity (Wildman–Crippen MR) is 83.4 cm³/mol. The van der Waals surface area contributed by atoms with E-state index in [1.807, 2.05) is 59.3 Å². The summed E-state index contributed by atoms with van der Waals surface area (Å²) in [5.41, 5.74) is 4.02. The number of rotatable bonds is 4. The SMILES string of the molecule is O=C(c1ccc(Cc2ccccc2)cc1)c1ccsc1. The van der Waals surface area contributed by atoms with Crippen molar-refractivity contribution < 1.29 is 4.79 Å². The lowest BCUT2D eigenvalue weighted by Gasteiger charge is -2.03. The van der Waals surface area contributed by atoms with Gasteiger partial charge in [0.15, 0.2) is 5.78 Å². The molecule has 0 saturated heterocycles. The Morgan fingerprint density at radius 3 is 2.15 bits per heavy atom. The van der Waals surface area contributed by atoms with E-state index in [-0.39, 0.29) is 5.78 Å². The van der Waals surface area contributed by atoms with E-state index in [0.717, 1.165) is 17.5 Å². The van der Waals surface area contributed by atoms with Crippen molar-refractivity contribution in [2.24, 2.45) is 0 Å². The average molecular weight is 278 g/mol. The molecule has 0 aliphatic heterocycles. The van der Waals surface area contributed by atoms with Crippen LogP contribution < -0.4 is 0 Å². The van der Waals surface area contributed by atoms with Crippen LogP contribution in [0.15, 0.2) is 71.4 Å². The fourth-order valence-corrected chi connectivity index (χ4v) is 2.80. The largest absolute Gasteiger partial charge is 0.289 e. The minimum atomic E-state index is 0.0949. The minimum Gasteiger partial charge on any atom is -0.289 e. The molecule has 1 heterocycles. The first kappa shape index (κ1) is 12.8. The lowest BCUT2D eigenvalue weighted by atomic mass is 10.0. The van der Waals surface area contributed by atoms with Gasteiger partial charge >= 0.3 is 0 Å². The Morgan fingerprint density at radius 1 is 0.800 bits per heavy atom. The molecule has 0 bridgehead atoms. The molecule has 0 aliphatic rings. The van der Waals surface area contributed by atoms with Gasteiger partial charge in [-0.05, 0) is 29.0 Å². The van der Waals surface area contributed by atoms with Crippen LogP contribution in [0.2, 0.25) is 0 Å². The van der Waals surface area contributed by atoms with Crippen molar-refractivity contribution in [3.63, 3.8) is 0 Å². The molecule has 0 unspecified atom stereocenters.